The summed E-state index contributed by atoms with van der Waals surface area (Å²) in [4.78, 5) is 24.8. The van der Waals surface area contributed by atoms with E-state index >= 15 is 0 Å². The van der Waals surface area contributed by atoms with Crippen molar-refractivity contribution < 1.29 is 23.1 Å². The molecule has 3 N–H and O–H groups in total. The first-order valence-electron chi connectivity index (χ1n) is 8.88. The third-order valence-electron chi connectivity index (χ3n) is 3.80. The zero-order valence-electron chi connectivity index (χ0n) is 15.2. The monoisotopic (exact) mass is 391 g/mol. The Balaban J connectivity index is 1.91. The molecule has 0 saturated heterocycles. The Hall–Kier alpha value is -3.00. The highest BCUT2D eigenvalue weighted by molar-refractivity contribution is 5.97. The molecule has 8 heteroatoms. The van der Waals surface area contributed by atoms with Crippen LogP contribution in [0.2, 0.25) is 0 Å². The van der Waals surface area contributed by atoms with E-state index in [2.05, 4.69) is 20.7 Å². The van der Waals surface area contributed by atoms with E-state index in [1.165, 1.54) is 0 Å². The minimum absolute atomic E-state index is 0.150. The second-order valence-corrected chi connectivity index (χ2v) is 5.98. The van der Waals surface area contributed by atoms with Crippen molar-refractivity contribution in [2.24, 2.45) is 0 Å². The minimum atomic E-state index is -2.83. The fraction of sp³-hybridized carbons (Fsp3) is 0.300. The van der Waals surface area contributed by atoms with Crippen LogP contribution in [0.4, 0.5) is 19.3 Å². The van der Waals surface area contributed by atoms with Crippen LogP contribution in [0.5, 0.6) is 0 Å². The van der Waals surface area contributed by atoms with Crippen molar-refractivity contribution in [1.82, 2.24) is 10.6 Å². The maximum atomic E-state index is 12.6. The molecule has 0 aliphatic rings. The Bertz CT molecular complexity index is 730. The molecule has 0 heterocycles. The normalized spacial score (nSPS) is 11.7. The molecule has 0 bridgehead atoms. The predicted octanol–water partition coefficient (Wildman–Crippen LogP) is 3.16. The fourth-order valence-electron chi connectivity index (χ4n) is 2.47. The number of carbonyl (C=O) groups excluding carboxylic acids is 2. The molecule has 150 valence electrons. The maximum Gasteiger partial charge on any atom is 0.345 e. The average Bonchev–Trinajstić information content (AvgIpc) is 2.68. The van der Waals surface area contributed by atoms with Crippen molar-refractivity contribution >= 4 is 17.6 Å². The molecule has 2 aromatic rings. The van der Waals surface area contributed by atoms with Gasteiger partial charge in [0.25, 0.3) is 0 Å². The van der Waals surface area contributed by atoms with E-state index in [9.17, 15) is 18.4 Å². The van der Waals surface area contributed by atoms with E-state index in [0.29, 0.717) is 12.1 Å². The summed E-state index contributed by atoms with van der Waals surface area (Å²) in [7, 11) is 0. The maximum absolute atomic E-state index is 12.6. The first-order chi connectivity index (χ1) is 13.5. The van der Waals surface area contributed by atoms with Crippen molar-refractivity contribution in [2.45, 2.75) is 25.5 Å². The number of urea groups is 1. The number of amides is 3. The van der Waals surface area contributed by atoms with Crippen LogP contribution in [0.1, 0.15) is 12.0 Å². The van der Waals surface area contributed by atoms with Crippen LogP contribution >= 0.6 is 0 Å². The van der Waals surface area contributed by atoms with E-state index in [-0.39, 0.29) is 25.5 Å². The molecule has 1 unspecified atom stereocenters. The van der Waals surface area contributed by atoms with Crippen molar-refractivity contribution in [3.05, 3.63) is 66.2 Å². The van der Waals surface area contributed by atoms with Crippen molar-refractivity contribution in [2.75, 3.05) is 18.5 Å². The molecular formula is C20H23F2N3O3. The molecule has 28 heavy (non-hydrogen) atoms. The summed E-state index contributed by atoms with van der Waals surface area (Å²) in [5, 5.41) is 7.94. The van der Waals surface area contributed by atoms with Crippen molar-refractivity contribution in [1.29, 1.82) is 0 Å². The number of hydrogen-bond acceptors (Lipinski definition) is 3. The second-order valence-electron chi connectivity index (χ2n) is 5.98. The van der Waals surface area contributed by atoms with Crippen LogP contribution in [0, 0.1) is 0 Å². The summed E-state index contributed by atoms with van der Waals surface area (Å²) in [6, 6.07) is 16.9. The molecule has 1 atom stereocenters. The standard InChI is InChI=1S/C20H23F2N3O3/c21-19(22)28-13-7-12-23-20(27)25-17(14-15-8-3-1-4-9-15)18(26)24-16-10-5-2-6-11-16/h1-6,8-11,17,19H,7,12-14H2,(H,24,26)(H2,23,25,27). The average molecular weight is 391 g/mol. The summed E-state index contributed by atoms with van der Waals surface area (Å²) < 4.78 is 27.9. The first kappa shape index (κ1) is 21.3. The molecule has 3 amide bonds. The van der Waals surface area contributed by atoms with Gasteiger partial charge in [0, 0.05) is 18.7 Å². The molecule has 0 fully saturated rings. The quantitative estimate of drug-likeness (QED) is 0.545. The molecule has 6 nitrogen and oxygen atoms in total. The summed E-state index contributed by atoms with van der Waals surface area (Å²) in [5.74, 6) is -0.355. The van der Waals surface area contributed by atoms with Gasteiger partial charge in [-0.1, -0.05) is 48.5 Å². The number of nitrogens with one attached hydrogen (secondary N) is 3. The van der Waals surface area contributed by atoms with Gasteiger partial charge in [-0.05, 0) is 24.1 Å². The lowest BCUT2D eigenvalue weighted by molar-refractivity contribution is -0.128. The number of rotatable bonds is 10. The summed E-state index contributed by atoms with van der Waals surface area (Å²) in [5.41, 5.74) is 1.51. The number of ether oxygens (including phenoxy) is 1. The van der Waals surface area contributed by atoms with Gasteiger partial charge in [0.05, 0.1) is 6.61 Å². The molecule has 2 aromatic carbocycles. The number of hydrogen-bond donors (Lipinski definition) is 3. The topological polar surface area (TPSA) is 79.5 Å². The van der Waals surface area contributed by atoms with Gasteiger partial charge in [-0.2, -0.15) is 8.78 Å². The van der Waals surface area contributed by atoms with Gasteiger partial charge in [0.2, 0.25) is 5.91 Å². The van der Waals surface area contributed by atoms with Crippen LogP contribution in [-0.2, 0) is 16.0 Å². The summed E-state index contributed by atoms with van der Waals surface area (Å²) >= 11 is 0. The molecular weight excluding hydrogens is 368 g/mol. The predicted molar refractivity (Wildman–Crippen MR) is 102 cm³/mol. The largest absolute Gasteiger partial charge is 0.345 e. The lowest BCUT2D eigenvalue weighted by Gasteiger charge is -2.19. The molecule has 0 aliphatic carbocycles. The molecule has 0 aromatic heterocycles. The van der Waals surface area contributed by atoms with Gasteiger partial charge < -0.3 is 20.7 Å². The lowest BCUT2D eigenvalue weighted by atomic mass is 10.1. The number of benzene rings is 2. The van der Waals surface area contributed by atoms with Crippen LogP contribution < -0.4 is 16.0 Å². The Morgan fingerprint density at radius 1 is 0.964 bits per heavy atom. The van der Waals surface area contributed by atoms with Gasteiger partial charge in [-0.15, -0.1) is 0 Å². The van der Waals surface area contributed by atoms with Crippen LogP contribution in [-0.4, -0.2) is 37.7 Å². The Kier molecular flexibility index (Phi) is 8.87. The third kappa shape index (κ3) is 8.13. The number of para-hydroxylation sites is 1. The van der Waals surface area contributed by atoms with E-state index in [4.69, 9.17) is 0 Å². The van der Waals surface area contributed by atoms with E-state index < -0.39 is 18.7 Å². The minimum Gasteiger partial charge on any atom is -0.338 e. The van der Waals surface area contributed by atoms with E-state index in [1.54, 1.807) is 24.3 Å². The number of alkyl halides is 2. The highest BCUT2D eigenvalue weighted by atomic mass is 19.3. The molecule has 0 spiro atoms. The number of anilines is 1. The van der Waals surface area contributed by atoms with Gasteiger partial charge in [-0.3, -0.25) is 4.79 Å². The van der Waals surface area contributed by atoms with Crippen molar-refractivity contribution in [3.63, 3.8) is 0 Å². The first-order valence-corrected chi connectivity index (χ1v) is 8.88. The zero-order valence-corrected chi connectivity index (χ0v) is 15.2. The van der Waals surface area contributed by atoms with Gasteiger partial charge in [-0.25, -0.2) is 4.79 Å². The molecule has 0 radical (unpaired) electrons. The van der Waals surface area contributed by atoms with Gasteiger partial charge in [0.15, 0.2) is 0 Å². The lowest BCUT2D eigenvalue weighted by Crippen LogP contribution is -2.49. The van der Waals surface area contributed by atoms with Gasteiger partial charge in [0.1, 0.15) is 6.04 Å². The van der Waals surface area contributed by atoms with Crippen molar-refractivity contribution in [3.8, 4) is 0 Å². The Morgan fingerprint density at radius 2 is 1.61 bits per heavy atom. The van der Waals surface area contributed by atoms with E-state index in [0.717, 1.165) is 5.56 Å². The second kappa shape index (κ2) is 11.7. The van der Waals surface area contributed by atoms with Crippen LogP contribution in [0.25, 0.3) is 0 Å². The third-order valence-corrected chi connectivity index (χ3v) is 3.80. The highest BCUT2D eigenvalue weighted by Gasteiger charge is 2.21. The zero-order chi connectivity index (χ0) is 20.2. The van der Waals surface area contributed by atoms with Gasteiger partial charge >= 0.3 is 12.6 Å². The number of carbonyl (C=O) groups is 2. The highest BCUT2D eigenvalue weighted by Crippen LogP contribution is 2.09. The molecule has 0 aliphatic heterocycles. The van der Waals surface area contributed by atoms with Crippen LogP contribution in [0.15, 0.2) is 60.7 Å². The fourth-order valence-corrected chi connectivity index (χ4v) is 2.47. The summed E-state index contributed by atoms with van der Waals surface area (Å²) in [6.45, 7) is -2.85. The Labute approximate surface area is 162 Å². The SMILES string of the molecule is O=C(NCCCOC(F)F)NC(Cc1ccccc1)C(=O)Nc1ccccc1. The molecule has 2 rings (SSSR count). The smallest absolute Gasteiger partial charge is 0.338 e. The summed E-state index contributed by atoms with van der Waals surface area (Å²) in [6.07, 6.45) is 0.540. The number of halogens is 2. The van der Waals surface area contributed by atoms with E-state index in [1.807, 2.05) is 36.4 Å². The Morgan fingerprint density at radius 3 is 2.25 bits per heavy atom. The molecule has 0 saturated carbocycles. The van der Waals surface area contributed by atoms with Crippen LogP contribution in [0.3, 0.4) is 0 Å².